The Hall–Kier alpha value is -0.500. The molecule has 1 heterocycles. The van der Waals surface area contributed by atoms with Crippen LogP contribution < -0.4 is 0 Å². The summed E-state index contributed by atoms with van der Waals surface area (Å²) in [5, 5.41) is 0. The van der Waals surface area contributed by atoms with Gasteiger partial charge >= 0.3 is 0 Å². The maximum atomic E-state index is 4.90. The smallest absolute Gasteiger partial charge is 0.222 e. The molecule has 1 aliphatic heterocycles. The lowest BCUT2D eigenvalue weighted by Crippen LogP contribution is -1.82. The van der Waals surface area contributed by atoms with E-state index in [-0.39, 0.29) is 6.29 Å². The van der Waals surface area contributed by atoms with E-state index in [0.29, 0.717) is 0 Å². The lowest BCUT2D eigenvalue weighted by molar-refractivity contribution is 0.131. The molecule has 1 unspecified atom stereocenters. The van der Waals surface area contributed by atoms with E-state index in [1.807, 2.05) is 13.0 Å². The zero-order valence-electron chi connectivity index (χ0n) is 4.26. The number of rotatable bonds is 2. The third-order valence-electron chi connectivity index (χ3n) is 0.669. The monoisotopic (exact) mass is 100 g/mol. The van der Waals surface area contributed by atoms with Gasteiger partial charge in [-0.2, -0.15) is 0 Å². The predicted molar refractivity (Wildman–Crippen MR) is 25.6 cm³/mol. The van der Waals surface area contributed by atoms with E-state index < -0.39 is 0 Å². The highest BCUT2D eigenvalue weighted by Gasteiger charge is 2.22. The molecule has 0 amide bonds. The van der Waals surface area contributed by atoms with Crippen molar-refractivity contribution in [2.24, 2.45) is 0 Å². The lowest BCUT2D eigenvalue weighted by atomic mass is 10.7. The molecule has 0 aromatic heterocycles. The van der Waals surface area contributed by atoms with Crippen molar-refractivity contribution in [2.45, 2.75) is 13.2 Å². The first-order valence-electron chi connectivity index (χ1n) is 2.31. The van der Waals surface area contributed by atoms with Crippen LogP contribution in [0.5, 0.6) is 0 Å². The second kappa shape index (κ2) is 1.98. The van der Waals surface area contributed by atoms with E-state index in [1.54, 1.807) is 6.26 Å². The average Bonchev–Trinajstić information content (AvgIpc) is 2.42. The van der Waals surface area contributed by atoms with Gasteiger partial charge in [-0.05, 0) is 6.92 Å². The van der Waals surface area contributed by atoms with Gasteiger partial charge in [0.05, 0.1) is 6.26 Å². The van der Waals surface area contributed by atoms with Crippen molar-refractivity contribution < 1.29 is 9.47 Å². The summed E-state index contributed by atoms with van der Waals surface area (Å²) in [6, 6.07) is 0. The van der Waals surface area contributed by atoms with Crippen LogP contribution in [-0.4, -0.2) is 12.9 Å². The Balaban J connectivity index is 1.98. The molecule has 1 rings (SSSR count). The van der Waals surface area contributed by atoms with E-state index in [9.17, 15) is 0 Å². The highest BCUT2D eigenvalue weighted by Crippen LogP contribution is 2.09. The van der Waals surface area contributed by atoms with E-state index >= 15 is 0 Å². The Morgan fingerprint density at radius 3 is 3.00 bits per heavy atom. The SMILES string of the molecule is CC=COC1CO1. The van der Waals surface area contributed by atoms with E-state index in [2.05, 4.69) is 0 Å². The molecule has 1 atom stereocenters. The average molecular weight is 100 g/mol. The Morgan fingerprint density at radius 2 is 2.57 bits per heavy atom. The van der Waals surface area contributed by atoms with Gasteiger partial charge in [-0.25, -0.2) is 0 Å². The van der Waals surface area contributed by atoms with Gasteiger partial charge in [0.1, 0.15) is 6.61 Å². The van der Waals surface area contributed by atoms with E-state index in [4.69, 9.17) is 9.47 Å². The highest BCUT2D eigenvalue weighted by atomic mass is 16.8. The molecule has 0 N–H and O–H groups in total. The van der Waals surface area contributed by atoms with Crippen LogP contribution in [-0.2, 0) is 9.47 Å². The van der Waals surface area contributed by atoms with Gasteiger partial charge in [0.25, 0.3) is 0 Å². The van der Waals surface area contributed by atoms with Gasteiger partial charge in [0, 0.05) is 0 Å². The van der Waals surface area contributed by atoms with Crippen LogP contribution in [0.4, 0.5) is 0 Å². The summed E-state index contributed by atoms with van der Waals surface area (Å²) < 4.78 is 9.64. The van der Waals surface area contributed by atoms with Crippen LogP contribution >= 0.6 is 0 Å². The molecular formula is C5H8O2. The fraction of sp³-hybridized carbons (Fsp3) is 0.600. The zero-order chi connectivity index (χ0) is 5.11. The topological polar surface area (TPSA) is 21.8 Å². The first-order chi connectivity index (χ1) is 3.43. The Morgan fingerprint density at radius 1 is 1.86 bits per heavy atom. The Kier molecular flexibility index (Phi) is 1.32. The van der Waals surface area contributed by atoms with Crippen LogP contribution in [0.3, 0.4) is 0 Å². The maximum absolute atomic E-state index is 4.90. The van der Waals surface area contributed by atoms with Gasteiger partial charge in [0.2, 0.25) is 6.29 Å². The van der Waals surface area contributed by atoms with Crippen molar-refractivity contribution in [1.29, 1.82) is 0 Å². The third kappa shape index (κ3) is 1.59. The Bertz CT molecular complexity index is 74.1. The molecule has 0 aliphatic carbocycles. The van der Waals surface area contributed by atoms with Crippen molar-refractivity contribution in [2.75, 3.05) is 6.61 Å². The number of allylic oxidation sites excluding steroid dienone is 1. The van der Waals surface area contributed by atoms with Crippen LogP contribution in [0.25, 0.3) is 0 Å². The molecule has 1 fully saturated rings. The number of hydrogen-bond donors (Lipinski definition) is 0. The summed E-state index contributed by atoms with van der Waals surface area (Å²) in [6.45, 7) is 2.66. The van der Waals surface area contributed by atoms with Crippen LogP contribution in [0.2, 0.25) is 0 Å². The van der Waals surface area contributed by atoms with Crippen molar-refractivity contribution in [1.82, 2.24) is 0 Å². The van der Waals surface area contributed by atoms with Crippen LogP contribution in [0.15, 0.2) is 12.3 Å². The minimum atomic E-state index is 0.0659. The van der Waals surface area contributed by atoms with Gasteiger partial charge < -0.3 is 9.47 Å². The molecule has 2 nitrogen and oxygen atoms in total. The first-order valence-corrected chi connectivity index (χ1v) is 2.31. The molecule has 7 heavy (non-hydrogen) atoms. The lowest BCUT2D eigenvalue weighted by Gasteiger charge is -1.86. The number of epoxide rings is 1. The molecular weight excluding hydrogens is 92.1 g/mol. The van der Waals surface area contributed by atoms with Gasteiger partial charge in [-0.15, -0.1) is 0 Å². The summed E-state index contributed by atoms with van der Waals surface area (Å²) in [7, 11) is 0. The maximum Gasteiger partial charge on any atom is 0.222 e. The van der Waals surface area contributed by atoms with E-state index in [1.165, 1.54) is 0 Å². The van der Waals surface area contributed by atoms with Crippen molar-refractivity contribution in [3.05, 3.63) is 12.3 Å². The number of hydrogen-bond acceptors (Lipinski definition) is 2. The van der Waals surface area contributed by atoms with Crippen molar-refractivity contribution in [3.63, 3.8) is 0 Å². The normalized spacial score (nSPS) is 28.4. The molecule has 1 saturated heterocycles. The molecule has 0 bridgehead atoms. The van der Waals surface area contributed by atoms with Crippen molar-refractivity contribution in [3.8, 4) is 0 Å². The molecule has 2 heteroatoms. The van der Waals surface area contributed by atoms with Gasteiger partial charge in [-0.3, -0.25) is 0 Å². The summed E-state index contributed by atoms with van der Waals surface area (Å²) in [4.78, 5) is 0. The molecule has 0 radical (unpaired) electrons. The van der Waals surface area contributed by atoms with Gasteiger partial charge in [0.15, 0.2) is 0 Å². The number of ether oxygens (including phenoxy) is 2. The summed E-state index contributed by atoms with van der Waals surface area (Å²) >= 11 is 0. The first kappa shape index (κ1) is 4.65. The molecule has 0 aromatic carbocycles. The molecule has 1 aliphatic rings. The summed E-state index contributed by atoms with van der Waals surface area (Å²) in [6.07, 6.45) is 3.54. The summed E-state index contributed by atoms with van der Waals surface area (Å²) in [5.41, 5.74) is 0. The fourth-order valence-electron chi connectivity index (χ4n) is 0.284. The second-order valence-electron chi connectivity index (χ2n) is 1.37. The second-order valence-corrected chi connectivity index (χ2v) is 1.37. The Labute approximate surface area is 42.7 Å². The molecule has 0 saturated carbocycles. The fourth-order valence-corrected chi connectivity index (χ4v) is 0.284. The minimum Gasteiger partial charge on any atom is -0.470 e. The van der Waals surface area contributed by atoms with E-state index in [0.717, 1.165) is 6.61 Å². The van der Waals surface area contributed by atoms with Crippen LogP contribution in [0, 0.1) is 0 Å². The zero-order valence-corrected chi connectivity index (χ0v) is 4.26. The van der Waals surface area contributed by atoms with Crippen LogP contribution in [0.1, 0.15) is 6.92 Å². The molecule has 40 valence electrons. The highest BCUT2D eigenvalue weighted by molar-refractivity contribution is 4.69. The molecule has 0 aromatic rings. The summed E-state index contributed by atoms with van der Waals surface area (Å²) in [5.74, 6) is 0. The van der Waals surface area contributed by atoms with Crippen molar-refractivity contribution >= 4 is 0 Å². The third-order valence-corrected chi connectivity index (χ3v) is 0.669. The van der Waals surface area contributed by atoms with Gasteiger partial charge in [-0.1, -0.05) is 6.08 Å². The standard InChI is InChI=1S/C5H8O2/c1-2-3-6-5-4-7-5/h2-3,5H,4H2,1H3. The minimum absolute atomic E-state index is 0.0659. The largest absolute Gasteiger partial charge is 0.470 e. The molecule has 0 spiro atoms. The quantitative estimate of drug-likeness (QED) is 0.379. The predicted octanol–water partition coefficient (Wildman–Crippen LogP) is 0.893.